The summed E-state index contributed by atoms with van der Waals surface area (Å²) in [6, 6.07) is 5.88. The summed E-state index contributed by atoms with van der Waals surface area (Å²) in [6.07, 6.45) is 5.57. The highest BCUT2D eigenvalue weighted by atomic mass is 35.5. The maximum atomic E-state index is 13.5. The summed E-state index contributed by atoms with van der Waals surface area (Å²) in [6.45, 7) is 3.39. The van der Waals surface area contributed by atoms with Crippen LogP contribution < -0.4 is 5.32 Å². The van der Waals surface area contributed by atoms with Crippen LogP contribution in [0, 0.1) is 5.82 Å². The second kappa shape index (κ2) is 10.2. The van der Waals surface area contributed by atoms with Gasteiger partial charge in [0.05, 0.1) is 48.6 Å². The minimum absolute atomic E-state index is 0.0987. The lowest BCUT2D eigenvalue weighted by Gasteiger charge is -2.20. The van der Waals surface area contributed by atoms with Gasteiger partial charge in [0.25, 0.3) is 5.91 Å². The van der Waals surface area contributed by atoms with E-state index in [0.29, 0.717) is 47.2 Å². The lowest BCUT2D eigenvalue weighted by Crippen LogP contribution is -2.26. The van der Waals surface area contributed by atoms with Crippen molar-refractivity contribution in [1.82, 2.24) is 19.9 Å². The molecule has 0 fully saturated rings. The summed E-state index contributed by atoms with van der Waals surface area (Å²) in [4.78, 5) is 34.4. The van der Waals surface area contributed by atoms with Crippen molar-refractivity contribution in [2.45, 2.75) is 45.4 Å². The van der Waals surface area contributed by atoms with E-state index in [1.807, 2.05) is 11.5 Å². The second-order valence-electron chi connectivity index (χ2n) is 7.87. The minimum Gasteiger partial charge on any atom is -0.373 e. The molecule has 0 spiro atoms. The van der Waals surface area contributed by atoms with Gasteiger partial charge in [0.1, 0.15) is 5.82 Å². The van der Waals surface area contributed by atoms with Gasteiger partial charge in [0.15, 0.2) is 5.78 Å². The van der Waals surface area contributed by atoms with Crippen LogP contribution in [0.3, 0.4) is 0 Å². The Hall–Kier alpha value is -3.10. The van der Waals surface area contributed by atoms with Crippen LogP contribution in [0.4, 0.5) is 4.39 Å². The van der Waals surface area contributed by atoms with Crippen molar-refractivity contribution in [2.75, 3.05) is 6.61 Å². The molecule has 0 unspecified atom stereocenters. The number of carbonyl (C=O) groups is 2. The predicted molar refractivity (Wildman–Crippen MR) is 121 cm³/mol. The molecule has 3 heterocycles. The van der Waals surface area contributed by atoms with Crippen LogP contribution in [0.2, 0.25) is 5.02 Å². The van der Waals surface area contributed by atoms with E-state index in [2.05, 4.69) is 15.3 Å². The van der Waals surface area contributed by atoms with Crippen LogP contribution in [0.1, 0.15) is 63.5 Å². The van der Waals surface area contributed by atoms with Crippen molar-refractivity contribution in [3.63, 3.8) is 0 Å². The third-order valence-electron chi connectivity index (χ3n) is 5.81. The van der Waals surface area contributed by atoms with Gasteiger partial charge in [-0.2, -0.15) is 0 Å². The number of fused-ring (bicyclic) bond motifs is 1. The van der Waals surface area contributed by atoms with Crippen molar-refractivity contribution in [1.29, 1.82) is 0 Å². The maximum Gasteiger partial charge on any atom is 0.253 e. The molecule has 4 rings (SSSR count). The summed E-state index contributed by atoms with van der Waals surface area (Å²) in [5.41, 5.74) is 2.93. The number of rotatable bonds is 8. The third-order valence-corrected chi connectivity index (χ3v) is 6.14. The maximum absolute atomic E-state index is 13.5. The van der Waals surface area contributed by atoms with E-state index in [-0.39, 0.29) is 37.2 Å². The van der Waals surface area contributed by atoms with Crippen LogP contribution in [0.5, 0.6) is 0 Å². The van der Waals surface area contributed by atoms with Crippen LogP contribution >= 0.6 is 11.6 Å². The average molecular weight is 471 g/mol. The zero-order valence-corrected chi connectivity index (χ0v) is 18.9. The van der Waals surface area contributed by atoms with E-state index in [1.165, 1.54) is 12.1 Å². The summed E-state index contributed by atoms with van der Waals surface area (Å²) in [7, 11) is 0. The normalized spacial score (nSPS) is 13.9. The number of amides is 1. The van der Waals surface area contributed by atoms with E-state index < -0.39 is 5.82 Å². The monoisotopic (exact) mass is 470 g/mol. The molecule has 2 aromatic heterocycles. The van der Waals surface area contributed by atoms with Gasteiger partial charge in [-0.1, -0.05) is 24.6 Å². The number of nitrogens with one attached hydrogen (secondary N) is 1. The first-order valence-electron chi connectivity index (χ1n) is 10.8. The number of Topliss-reactive ketones (excluding diaryl/α,β-unsaturated/α-hetero) is 1. The molecule has 0 bridgehead atoms. The van der Waals surface area contributed by atoms with Crippen LogP contribution in [0.25, 0.3) is 0 Å². The Bertz CT molecular complexity index is 1170. The molecule has 0 saturated carbocycles. The highest BCUT2D eigenvalue weighted by Crippen LogP contribution is 2.32. The molecule has 1 aliphatic heterocycles. The zero-order chi connectivity index (χ0) is 23.4. The Labute approximate surface area is 196 Å². The largest absolute Gasteiger partial charge is 0.373 e. The molecule has 1 N–H and O–H groups in total. The Morgan fingerprint density at radius 1 is 1.30 bits per heavy atom. The van der Waals surface area contributed by atoms with E-state index in [9.17, 15) is 14.0 Å². The van der Waals surface area contributed by atoms with E-state index in [1.54, 1.807) is 30.7 Å². The standard InChI is InChI=1S/C24H24ClFN4O3/c1-2-15(18-4-3-16(26)10-20(18)25)9-23(31)21-11-19(22-14-33-8-7-30(21)22)24(32)29-13-17-12-27-5-6-28-17/h3-6,10-12,15H,2,7-9,13-14H2,1H3,(H,29,32)/t15-/m0/s1. The van der Waals surface area contributed by atoms with Crippen molar-refractivity contribution < 1.29 is 18.7 Å². The number of carbonyl (C=O) groups excluding carboxylic acids is 2. The van der Waals surface area contributed by atoms with Gasteiger partial charge in [-0.25, -0.2) is 4.39 Å². The van der Waals surface area contributed by atoms with E-state index >= 15 is 0 Å². The topological polar surface area (TPSA) is 86.1 Å². The Morgan fingerprint density at radius 3 is 2.88 bits per heavy atom. The van der Waals surface area contributed by atoms with Crippen molar-refractivity contribution >= 4 is 23.3 Å². The lowest BCUT2D eigenvalue weighted by molar-refractivity contribution is 0.0783. The number of aromatic nitrogens is 3. The highest BCUT2D eigenvalue weighted by molar-refractivity contribution is 6.31. The van der Waals surface area contributed by atoms with E-state index in [0.717, 1.165) is 5.56 Å². The number of hydrogen-bond acceptors (Lipinski definition) is 5. The van der Waals surface area contributed by atoms with Crippen LogP contribution in [-0.4, -0.2) is 32.8 Å². The summed E-state index contributed by atoms with van der Waals surface area (Å²) >= 11 is 6.24. The molecule has 0 aliphatic carbocycles. The number of benzene rings is 1. The molecule has 1 aliphatic rings. The Balaban J connectivity index is 1.56. The smallest absolute Gasteiger partial charge is 0.253 e. The van der Waals surface area contributed by atoms with Crippen molar-refractivity contribution in [3.05, 3.63) is 81.9 Å². The van der Waals surface area contributed by atoms with Gasteiger partial charge >= 0.3 is 0 Å². The molecule has 1 aromatic carbocycles. The minimum atomic E-state index is -0.414. The molecular formula is C24H24ClFN4O3. The number of ketones is 1. The first kappa shape index (κ1) is 23.1. The summed E-state index contributed by atoms with van der Waals surface area (Å²) < 4.78 is 20.9. The molecule has 1 atom stereocenters. The SMILES string of the molecule is CC[C@@H](CC(=O)c1cc(C(=O)NCc2cnccn2)c2n1CCOC2)c1ccc(F)cc1Cl. The molecule has 0 radical (unpaired) electrons. The predicted octanol–water partition coefficient (Wildman–Crippen LogP) is 4.30. The molecule has 33 heavy (non-hydrogen) atoms. The molecule has 7 nitrogen and oxygen atoms in total. The first-order valence-corrected chi connectivity index (χ1v) is 11.2. The van der Waals surface area contributed by atoms with Crippen LogP contribution in [0.15, 0.2) is 42.9 Å². The fourth-order valence-corrected chi connectivity index (χ4v) is 4.40. The summed E-state index contributed by atoms with van der Waals surface area (Å²) in [5, 5.41) is 3.14. The molecule has 1 amide bonds. The van der Waals surface area contributed by atoms with Gasteiger partial charge in [-0.05, 0) is 36.1 Å². The summed E-state index contributed by atoms with van der Waals surface area (Å²) in [5.74, 6) is -0.978. The highest BCUT2D eigenvalue weighted by Gasteiger charge is 2.27. The molecule has 0 saturated heterocycles. The van der Waals surface area contributed by atoms with Crippen molar-refractivity contribution in [2.24, 2.45) is 0 Å². The quantitative estimate of drug-likeness (QED) is 0.496. The second-order valence-corrected chi connectivity index (χ2v) is 8.28. The average Bonchev–Trinajstić information content (AvgIpc) is 3.22. The first-order chi connectivity index (χ1) is 16.0. The van der Waals surface area contributed by atoms with Gasteiger partial charge in [0, 0.05) is 30.4 Å². The molecular weight excluding hydrogens is 447 g/mol. The fraction of sp³-hybridized carbons (Fsp3) is 0.333. The van der Waals surface area contributed by atoms with E-state index in [4.69, 9.17) is 16.3 Å². The number of ether oxygens (including phenoxy) is 1. The number of hydrogen-bond donors (Lipinski definition) is 1. The van der Waals surface area contributed by atoms with Crippen LogP contribution in [-0.2, 0) is 24.4 Å². The zero-order valence-electron chi connectivity index (χ0n) is 18.2. The lowest BCUT2D eigenvalue weighted by atomic mass is 9.90. The van der Waals surface area contributed by atoms with Gasteiger partial charge in [-0.15, -0.1) is 0 Å². The van der Waals surface area contributed by atoms with Gasteiger partial charge in [0.2, 0.25) is 0 Å². The Morgan fingerprint density at radius 2 is 2.15 bits per heavy atom. The fourth-order valence-electron chi connectivity index (χ4n) is 4.07. The molecule has 9 heteroatoms. The number of halogens is 2. The molecule has 172 valence electrons. The Kier molecular flexibility index (Phi) is 7.15. The third kappa shape index (κ3) is 5.12. The van der Waals surface area contributed by atoms with Crippen molar-refractivity contribution in [3.8, 4) is 0 Å². The number of nitrogens with zero attached hydrogens (tertiary/aromatic N) is 3. The van der Waals surface area contributed by atoms with Gasteiger partial charge < -0.3 is 14.6 Å². The van der Waals surface area contributed by atoms with Gasteiger partial charge in [-0.3, -0.25) is 19.6 Å². The molecule has 3 aromatic rings.